The van der Waals surface area contributed by atoms with Gasteiger partial charge in [0.15, 0.2) is 5.78 Å². The second-order valence-corrected chi connectivity index (χ2v) is 4.68. The molecule has 0 saturated heterocycles. The molecule has 0 aromatic heterocycles. The van der Waals surface area contributed by atoms with Crippen LogP contribution in [0.3, 0.4) is 0 Å². The van der Waals surface area contributed by atoms with Crippen LogP contribution >= 0.6 is 0 Å². The summed E-state index contributed by atoms with van der Waals surface area (Å²) in [5.41, 5.74) is 0.980. The summed E-state index contributed by atoms with van der Waals surface area (Å²) in [5.74, 6) is -0.677. The predicted molar refractivity (Wildman–Crippen MR) is 53.0 cm³/mol. The van der Waals surface area contributed by atoms with E-state index in [4.69, 9.17) is 5.11 Å². The average Bonchev–Trinajstić information content (AvgIpc) is 1.96. The van der Waals surface area contributed by atoms with Crippen LogP contribution in [0.4, 0.5) is 0 Å². The van der Waals surface area contributed by atoms with Gasteiger partial charge in [-0.3, -0.25) is 9.59 Å². The molecule has 0 aliphatic heterocycles. The van der Waals surface area contributed by atoms with Crippen molar-refractivity contribution in [1.82, 2.24) is 0 Å². The van der Waals surface area contributed by atoms with Crippen LogP contribution in [-0.2, 0) is 9.59 Å². The summed E-state index contributed by atoms with van der Waals surface area (Å²) in [4.78, 5) is 21.7. The highest BCUT2D eigenvalue weighted by molar-refractivity contribution is 5.91. The Kier molecular flexibility index (Phi) is 3.09. The van der Waals surface area contributed by atoms with Gasteiger partial charge in [0.25, 0.3) is 0 Å². The number of carboxylic acid groups (broad SMARTS) is 1. The Hall–Kier alpha value is -1.12. The summed E-state index contributed by atoms with van der Waals surface area (Å²) >= 11 is 0. The first-order valence-corrected chi connectivity index (χ1v) is 4.83. The van der Waals surface area contributed by atoms with Gasteiger partial charge >= 0.3 is 5.97 Å². The average molecular weight is 196 g/mol. The molecule has 0 unspecified atom stereocenters. The van der Waals surface area contributed by atoms with Gasteiger partial charge in [-0.25, -0.2) is 0 Å². The smallest absolute Gasteiger partial charge is 0.303 e. The van der Waals surface area contributed by atoms with Gasteiger partial charge in [0.2, 0.25) is 0 Å². The molecule has 0 heterocycles. The van der Waals surface area contributed by atoms with E-state index in [0.717, 1.165) is 12.0 Å². The Morgan fingerprint density at radius 3 is 2.64 bits per heavy atom. The zero-order valence-electron chi connectivity index (χ0n) is 8.67. The van der Waals surface area contributed by atoms with Crippen molar-refractivity contribution in [3.63, 3.8) is 0 Å². The molecule has 0 spiro atoms. The van der Waals surface area contributed by atoms with Crippen LogP contribution in [0, 0.1) is 5.41 Å². The highest BCUT2D eigenvalue weighted by Crippen LogP contribution is 2.35. The second-order valence-electron chi connectivity index (χ2n) is 4.68. The lowest BCUT2D eigenvalue weighted by atomic mass is 9.76. The normalized spacial score (nSPS) is 20.4. The van der Waals surface area contributed by atoms with Crippen molar-refractivity contribution in [2.24, 2.45) is 5.41 Å². The number of rotatable bonds is 3. The summed E-state index contributed by atoms with van der Waals surface area (Å²) in [5, 5.41) is 8.53. The summed E-state index contributed by atoms with van der Waals surface area (Å²) in [6.45, 7) is 4.08. The fourth-order valence-electron chi connectivity index (χ4n) is 1.91. The minimum atomic E-state index is -0.804. The lowest BCUT2D eigenvalue weighted by Crippen LogP contribution is -2.22. The van der Waals surface area contributed by atoms with Crippen molar-refractivity contribution in [3.8, 4) is 0 Å². The van der Waals surface area contributed by atoms with E-state index < -0.39 is 5.97 Å². The van der Waals surface area contributed by atoms with Crippen LogP contribution in [-0.4, -0.2) is 16.9 Å². The fourth-order valence-corrected chi connectivity index (χ4v) is 1.91. The number of carboxylic acids is 1. The van der Waals surface area contributed by atoms with E-state index in [-0.39, 0.29) is 17.6 Å². The van der Waals surface area contributed by atoms with Crippen LogP contribution in [0.25, 0.3) is 0 Å². The molecule has 3 heteroatoms. The highest BCUT2D eigenvalue weighted by Gasteiger charge is 2.27. The molecule has 3 nitrogen and oxygen atoms in total. The van der Waals surface area contributed by atoms with Crippen molar-refractivity contribution in [3.05, 3.63) is 11.6 Å². The molecule has 0 aromatic rings. The summed E-state index contributed by atoms with van der Waals surface area (Å²) < 4.78 is 0. The molecular formula is C11H16O3. The van der Waals surface area contributed by atoms with Gasteiger partial charge in [-0.1, -0.05) is 19.4 Å². The topological polar surface area (TPSA) is 54.4 Å². The first kappa shape index (κ1) is 11.0. The molecule has 14 heavy (non-hydrogen) atoms. The summed E-state index contributed by atoms with van der Waals surface area (Å²) in [7, 11) is 0. The van der Waals surface area contributed by atoms with Crippen LogP contribution in [0.1, 0.15) is 39.5 Å². The number of allylic oxidation sites excluding steroid dienone is 2. The number of aliphatic carboxylic acids is 1. The van der Waals surface area contributed by atoms with Crippen LogP contribution < -0.4 is 0 Å². The Morgan fingerprint density at radius 1 is 1.50 bits per heavy atom. The van der Waals surface area contributed by atoms with E-state index in [9.17, 15) is 9.59 Å². The molecule has 0 amide bonds. The molecule has 0 fully saturated rings. The van der Waals surface area contributed by atoms with Gasteiger partial charge in [0.05, 0.1) is 0 Å². The number of carbonyl (C=O) groups is 2. The molecule has 78 valence electrons. The zero-order valence-corrected chi connectivity index (χ0v) is 8.67. The van der Waals surface area contributed by atoms with E-state index in [1.165, 1.54) is 0 Å². The number of hydrogen-bond donors (Lipinski definition) is 1. The largest absolute Gasteiger partial charge is 0.481 e. The van der Waals surface area contributed by atoms with Gasteiger partial charge in [-0.05, 0) is 24.3 Å². The Labute approximate surface area is 83.8 Å². The number of hydrogen-bond acceptors (Lipinski definition) is 2. The predicted octanol–water partition coefficient (Wildman–Crippen LogP) is 2.17. The van der Waals surface area contributed by atoms with E-state index in [2.05, 4.69) is 0 Å². The second kappa shape index (κ2) is 3.95. The van der Waals surface area contributed by atoms with Gasteiger partial charge in [0.1, 0.15) is 0 Å². The third kappa shape index (κ3) is 3.32. The lowest BCUT2D eigenvalue weighted by molar-refractivity contribution is -0.137. The summed E-state index contributed by atoms with van der Waals surface area (Å²) in [6, 6.07) is 0. The Balaban J connectivity index is 2.60. The lowest BCUT2D eigenvalue weighted by Gasteiger charge is -2.28. The van der Waals surface area contributed by atoms with E-state index >= 15 is 0 Å². The van der Waals surface area contributed by atoms with Crippen molar-refractivity contribution in [2.75, 3.05) is 0 Å². The molecule has 0 atom stereocenters. The maximum absolute atomic E-state index is 11.3. The minimum absolute atomic E-state index is 0.000327. The highest BCUT2D eigenvalue weighted by atomic mass is 16.4. The van der Waals surface area contributed by atoms with Crippen LogP contribution in [0.5, 0.6) is 0 Å². The van der Waals surface area contributed by atoms with Crippen molar-refractivity contribution in [2.45, 2.75) is 39.5 Å². The molecule has 1 N–H and O–H groups in total. The maximum atomic E-state index is 11.3. The first-order valence-electron chi connectivity index (χ1n) is 4.83. The third-order valence-corrected chi connectivity index (χ3v) is 2.38. The Morgan fingerprint density at radius 2 is 2.14 bits per heavy atom. The van der Waals surface area contributed by atoms with E-state index in [0.29, 0.717) is 12.8 Å². The fraction of sp³-hybridized carbons (Fsp3) is 0.636. The van der Waals surface area contributed by atoms with Gasteiger partial charge < -0.3 is 5.11 Å². The van der Waals surface area contributed by atoms with Crippen molar-refractivity contribution < 1.29 is 14.7 Å². The van der Waals surface area contributed by atoms with Crippen molar-refractivity contribution >= 4 is 11.8 Å². The van der Waals surface area contributed by atoms with E-state index in [1.807, 2.05) is 13.8 Å². The van der Waals surface area contributed by atoms with Gasteiger partial charge in [-0.15, -0.1) is 0 Å². The Bertz CT molecular complexity index is 287. The third-order valence-electron chi connectivity index (χ3n) is 2.38. The molecule has 0 saturated carbocycles. The molecule has 0 bridgehead atoms. The van der Waals surface area contributed by atoms with Gasteiger partial charge in [0, 0.05) is 12.8 Å². The molecule has 0 aromatic carbocycles. The molecular weight excluding hydrogens is 180 g/mol. The minimum Gasteiger partial charge on any atom is -0.481 e. The van der Waals surface area contributed by atoms with E-state index in [1.54, 1.807) is 6.08 Å². The molecule has 0 radical (unpaired) electrons. The van der Waals surface area contributed by atoms with Gasteiger partial charge in [-0.2, -0.15) is 0 Å². The number of ketones is 1. The monoisotopic (exact) mass is 196 g/mol. The van der Waals surface area contributed by atoms with Crippen molar-refractivity contribution in [1.29, 1.82) is 0 Å². The summed E-state index contributed by atoms with van der Waals surface area (Å²) in [6.07, 6.45) is 3.66. The van der Waals surface area contributed by atoms with Crippen LogP contribution in [0.2, 0.25) is 0 Å². The first-order chi connectivity index (χ1) is 6.39. The quantitative estimate of drug-likeness (QED) is 0.752. The molecule has 1 aliphatic rings. The SMILES string of the molecule is CC1(C)CC(=O)C=C(CCC(=O)O)C1. The molecule has 1 rings (SSSR count). The standard InChI is InChI=1S/C11H16O3/c1-11(2)6-8(3-4-10(13)14)5-9(12)7-11/h5H,3-4,6-7H2,1-2H3,(H,13,14). The maximum Gasteiger partial charge on any atom is 0.303 e. The van der Waals surface area contributed by atoms with Crippen LogP contribution in [0.15, 0.2) is 11.6 Å². The number of carbonyl (C=O) groups excluding carboxylic acids is 1. The zero-order chi connectivity index (χ0) is 10.8. The molecule has 1 aliphatic carbocycles.